The molecule has 2 aromatic carbocycles. The van der Waals surface area contributed by atoms with E-state index in [4.69, 9.17) is 4.74 Å². The first-order chi connectivity index (χ1) is 14.5. The summed E-state index contributed by atoms with van der Waals surface area (Å²) in [4.78, 5) is 13.5. The maximum absolute atomic E-state index is 12.8. The maximum atomic E-state index is 12.8. The number of hydrogen-bond acceptors (Lipinski definition) is 6. The van der Waals surface area contributed by atoms with Gasteiger partial charge in [0.2, 0.25) is 10.0 Å². The lowest BCUT2D eigenvalue weighted by atomic mass is 10.1. The predicted octanol–water partition coefficient (Wildman–Crippen LogP) is 1.52. The fraction of sp³-hybridized carbons (Fsp3) is 0.350. The van der Waals surface area contributed by atoms with E-state index < -0.39 is 20.0 Å². The first kappa shape index (κ1) is 23.2. The monoisotopic (exact) mass is 467 g/mol. The topological polar surface area (TPSA) is 113 Å². The first-order valence-electron chi connectivity index (χ1n) is 9.55. The SMILES string of the molecule is Cc1ccc(C(=O)N(C)C)cc1NS(=O)(=O)c1ccc(S(=O)(=O)N2CCOCC2)cc1. The normalized spacial score (nSPS) is 15.5. The molecule has 1 aliphatic heterocycles. The lowest BCUT2D eigenvalue weighted by molar-refractivity contribution is 0.0730. The number of rotatable bonds is 6. The van der Waals surface area contributed by atoms with Gasteiger partial charge in [0.15, 0.2) is 0 Å². The van der Waals surface area contributed by atoms with Gasteiger partial charge < -0.3 is 9.64 Å². The first-order valence-corrected chi connectivity index (χ1v) is 12.5. The number of carbonyl (C=O) groups excluding carboxylic acids is 1. The molecule has 1 saturated heterocycles. The molecule has 1 aliphatic rings. The van der Waals surface area contributed by atoms with Crippen molar-refractivity contribution in [3.63, 3.8) is 0 Å². The van der Waals surface area contributed by atoms with Crippen molar-refractivity contribution in [2.45, 2.75) is 16.7 Å². The van der Waals surface area contributed by atoms with Crippen molar-refractivity contribution in [2.75, 3.05) is 45.1 Å². The summed E-state index contributed by atoms with van der Waals surface area (Å²) in [5.74, 6) is -0.252. The molecule has 9 nitrogen and oxygen atoms in total. The number of ether oxygens (including phenoxy) is 1. The van der Waals surface area contributed by atoms with Crippen LogP contribution in [0, 0.1) is 6.92 Å². The molecule has 0 saturated carbocycles. The van der Waals surface area contributed by atoms with Gasteiger partial charge in [-0.05, 0) is 48.9 Å². The zero-order chi connectivity index (χ0) is 22.8. The number of sulfonamides is 2. The molecule has 0 radical (unpaired) electrons. The zero-order valence-electron chi connectivity index (χ0n) is 17.5. The van der Waals surface area contributed by atoms with Crippen molar-refractivity contribution < 1.29 is 26.4 Å². The van der Waals surface area contributed by atoms with Gasteiger partial charge in [-0.1, -0.05) is 6.07 Å². The van der Waals surface area contributed by atoms with Crippen molar-refractivity contribution in [1.82, 2.24) is 9.21 Å². The number of carbonyl (C=O) groups is 1. The molecule has 168 valence electrons. The quantitative estimate of drug-likeness (QED) is 0.689. The smallest absolute Gasteiger partial charge is 0.261 e. The van der Waals surface area contributed by atoms with E-state index in [-0.39, 0.29) is 34.5 Å². The largest absolute Gasteiger partial charge is 0.379 e. The van der Waals surface area contributed by atoms with Crippen LogP contribution in [0.5, 0.6) is 0 Å². The Hall–Kier alpha value is -2.47. The van der Waals surface area contributed by atoms with Gasteiger partial charge in [-0.3, -0.25) is 9.52 Å². The summed E-state index contributed by atoms with van der Waals surface area (Å²) >= 11 is 0. The molecule has 0 aromatic heterocycles. The number of aryl methyl sites for hydroxylation is 1. The molecule has 1 fully saturated rings. The Kier molecular flexibility index (Phi) is 6.70. The van der Waals surface area contributed by atoms with E-state index in [0.717, 1.165) is 0 Å². The third kappa shape index (κ3) is 5.06. The van der Waals surface area contributed by atoms with Crippen LogP contribution in [0.25, 0.3) is 0 Å². The summed E-state index contributed by atoms with van der Waals surface area (Å²) in [5.41, 5.74) is 1.27. The molecule has 0 bridgehead atoms. The van der Waals surface area contributed by atoms with Gasteiger partial charge >= 0.3 is 0 Å². The van der Waals surface area contributed by atoms with Crippen LogP contribution in [0.1, 0.15) is 15.9 Å². The van der Waals surface area contributed by atoms with Crippen molar-refractivity contribution in [2.24, 2.45) is 0 Å². The van der Waals surface area contributed by atoms with Crippen LogP contribution in [0.3, 0.4) is 0 Å². The van der Waals surface area contributed by atoms with Crippen LogP contribution < -0.4 is 4.72 Å². The highest BCUT2D eigenvalue weighted by Gasteiger charge is 2.27. The number of morpholine rings is 1. The predicted molar refractivity (Wildman–Crippen MR) is 116 cm³/mol. The summed E-state index contributed by atoms with van der Waals surface area (Å²) in [7, 11) is -4.49. The summed E-state index contributed by atoms with van der Waals surface area (Å²) in [6.45, 7) is 2.88. The average Bonchev–Trinajstić information content (AvgIpc) is 2.75. The lowest BCUT2D eigenvalue weighted by Crippen LogP contribution is -2.40. The van der Waals surface area contributed by atoms with Crippen LogP contribution in [0.2, 0.25) is 0 Å². The Morgan fingerprint density at radius 2 is 1.55 bits per heavy atom. The molecule has 2 aromatic rings. The summed E-state index contributed by atoms with van der Waals surface area (Å²) < 4.78 is 60.1. The van der Waals surface area contributed by atoms with E-state index in [1.807, 2.05) is 0 Å². The van der Waals surface area contributed by atoms with Crippen LogP contribution in [-0.4, -0.2) is 72.3 Å². The molecule has 0 spiro atoms. The molecule has 0 aliphatic carbocycles. The van der Waals surface area contributed by atoms with E-state index >= 15 is 0 Å². The Bertz CT molecular complexity index is 1170. The highest BCUT2D eigenvalue weighted by Crippen LogP contribution is 2.24. The second kappa shape index (κ2) is 8.95. The van der Waals surface area contributed by atoms with Gasteiger partial charge in [0.05, 0.1) is 28.7 Å². The molecule has 1 heterocycles. The number of benzene rings is 2. The van der Waals surface area contributed by atoms with Gasteiger partial charge in [0, 0.05) is 32.7 Å². The highest BCUT2D eigenvalue weighted by atomic mass is 32.2. The summed E-state index contributed by atoms with van der Waals surface area (Å²) in [6.07, 6.45) is 0. The van der Waals surface area contributed by atoms with E-state index in [0.29, 0.717) is 24.3 Å². The van der Waals surface area contributed by atoms with Crippen LogP contribution >= 0.6 is 0 Å². The third-order valence-electron chi connectivity index (χ3n) is 4.88. The minimum Gasteiger partial charge on any atom is -0.379 e. The molecular formula is C20H25N3O6S2. The molecule has 0 unspecified atom stereocenters. The van der Waals surface area contributed by atoms with Gasteiger partial charge in [-0.15, -0.1) is 0 Å². The maximum Gasteiger partial charge on any atom is 0.261 e. The van der Waals surface area contributed by atoms with Gasteiger partial charge in [-0.2, -0.15) is 4.31 Å². The Labute approximate surface area is 182 Å². The van der Waals surface area contributed by atoms with Crippen molar-refractivity contribution >= 4 is 31.6 Å². The van der Waals surface area contributed by atoms with E-state index in [2.05, 4.69) is 4.72 Å². The number of anilines is 1. The average molecular weight is 468 g/mol. The third-order valence-corrected chi connectivity index (χ3v) is 8.17. The summed E-state index contributed by atoms with van der Waals surface area (Å²) in [6, 6.07) is 9.82. The fourth-order valence-corrected chi connectivity index (χ4v) is 5.58. The van der Waals surface area contributed by atoms with E-state index in [1.54, 1.807) is 33.2 Å². The molecule has 1 N–H and O–H groups in total. The number of nitrogens with zero attached hydrogens (tertiary/aromatic N) is 2. The van der Waals surface area contributed by atoms with Crippen molar-refractivity contribution in [3.05, 3.63) is 53.6 Å². The summed E-state index contributed by atoms with van der Waals surface area (Å²) in [5, 5.41) is 0. The van der Waals surface area contributed by atoms with Crippen molar-refractivity contribution in [1.29, 1.82) is 0 Å². The second-order valence-electron chi connectivity index (χ2n) is 7.32. The molecular weight excluding hydrogens is 442 g/mol. The Balaban J connectivity index is 1.85. The molecule has 1 amide bonds. The van der Waals surface area contributed by atoms with E-state index in [1.165, 1.54) is 39.5 Å². The van der Waals surface area contributed by atoms with Crippen LogP contribution in [-0.2, 0) is 24.8 Å². The fourth-order valence-electron chi connectivity index (χ4n) is 3.05. The van der Waals surface area contributed by atoms with Gasteiger partial charge in [0.1, 0.15) is 0 Å². The Morgan fingerprint density at radius 3 is 2.13 bits per heavy atom. The molecule has 31 heavy (non-hydrogen) atoms. The Morgan fingerprint density at radius 1 is 0.968 bits per heavy atom. The van der Waals surface area contributed by atoms with Crippen LogP contribution in [0.4, 0.5) is 5.69 Å². The van der Waals surface area contributed by atoms with Crippen molar-refractivity contribution in [3.8, 4) is 0 Å². The highest BCUT2D eigenvalue weighted by molar-refractivity contribution is 7.92. The number of nitrogens with one attached hydrogen (secondary N) is 1. The molecule has 11 heteroatoms. The molecule has 0 atom stereocenters. The van der Waals surface area contributed by atoms with Gasteiger partial charge in [0.25, 0.3) is 15.9 Å². The van der Waals surface area contributed by atoms with Gasteiger partial charge in [-0.25, -0.2) is 16.8 Å². The minimum absolute atomic E-state index is 0.0168. The lowest BCUT2D eigenvalue weighted by Gasteiger charge is -2.26. The molecule has 3 rings (SSSR count). The number of hydrogen-bond donors (Lipinski definition) is 1. The van der Waals surface area contributed by atoms with Crippen LogP contribution in [0.15, 0.2) is 52.3 Å². The standard InChI is InChI=1S/C20H25N3O6S2/c1-15-4-5-16(20(24)22(2)3)14-19(15)21-30(25,26)17-6-8-18(9-7-17)31(27,28)23-10-12-29-13-11-23/h4-9,14,21H,10-13H2,1-3H3. The van der Waals surface area contributed by atoms with E-state index in [9.17, 15) is 21.6 Å². The second-order valence-corrected chi connectivity index (χ2v) is 10.9. The zero-order valence-corrected chi connectivity index (χ0v) is 19.2. The number of amides is 1. The minimum atomic E-state index is -3.99.